The molecule has 7 rings (SSSR count). The molecule has 2 aromatic heterocycles. The number of aromatic amines is 2. The van der Waals surface area contributed by atoms with Crippen molar-refractivity contribution >= 4 is 35.0 Å². The van der Waals surface area contributed by atoms with Crippen molar-refractivity contribution in [2.45, 2.75) is 103 Å². The number of fused-ring (bicyclic) bond motifs is 1. The van der Waals surface area contributed by atoms with Crippen LogP contribution in [0.15, 0.2) is 72.9 Å². The van der Waals surface area contributed by atoms with Crippen molar-refractivity contribution < 1.29 is 28.7 Å². The van der Waals surface area contributed by atoms with Crippen molar-refractivity contribution in [3.63, 3.8) is 0 Å². The van der Waals surface area contributed by atoms with Crippen molar-refractivity contribution in [1.29, 1.82) is 0 Å². The van der Waals surface area contributed by atoms with Crippen LogP contribution in [0.25, 0.3) is 44.5 Å². The molecule has 14 nitrogen and oxygen atoms in total. The first kappa shape index (κ1) is 42.0. The molecule has 4 N–H and O–H groups in total. The van der Waals surface area contributed by atoms with E-state index in [1.165, 1.54) is 14.2 Å². The molecule has 0 aliphatic carbocycles. The van der Waals surface area contributed by atoms with Gasteiger partial charge < -0.3 is 39.9 Å². The number of ether oxygens (including phenoxy) is 2. The number of H-pyrrole nitrogens is 2. The molecule has 2 fully saturated rings. The fraction of sp³-hybridized carbons (Fsp3) is 0.435. The van der Waals surface area contributed by atoms with Gasteiger partial charge in [-0.2, -0.15) is 0 Å². The number of imidazole rings is 2. The normalized spacial score (nSPS) is 20.1. The van der Waals surface area contributed by atoms with Crippen molar-refractivity contribution in [3.8, 4) is 33.5 Å². The number of hydrogen-bond acceptors (Lipinski definition) is 8. The zero-order valence-corrected chi connectivity index (χ0v) is 35.6. The summed E-state index contributed by atoms with van der Waals surface area (Å²) in [7, 11) is 2.59. The second kappa shape index (κ2) is 17.6. The van der Waals surface area contributed by atoms with Gasteiger partial charge in [0, 0.05) is 12.1 Å². The van der Waals surface area contributed by atoms with E-state index in [9.17, 15) is 19.2 Å². The maximum atomic E-state index is 13.8. The van der Waals surface area contributed by atoms with E-state index in [2.05, 4.69) is 81.3 Å². The average Bonchev–Trinajstić information content (AvgIpc) is 4.06. The first-order valence-corrected chi connectivity index (χ1v) is 20.9. The molecule has 4 heterocycles. The number of amides is 4. The summed E-state index contributed by atoms with van der Waals surface area (Å²) in [6, 6.07) is 21.1. The number of methoxy groups -OCH3 is 2. The summed E-state index contributed by atoms with van der Waals surface area (Å²) in [5.74, 6) is 0.948. The number of aromatic nitrogens is 4. The van der Waals surface area contributed by atoms with E-state index >= 15 is 0 Å². The highest BCUT2D eigenvalue weighted by atomic mass is 16.5. The highest BCUT2D eigenvalue weighted by Crippen LogP contribution is 2.39. The van der Waals surface area contributed by atoms with E-state index in [-0.39, 0.29) is 47.8 Å². The molecular formula is C46H56N8O6. The molecule has 60 heavy (non-hydrogen) atoms. The Hall–Kier alpha value is -6.18. The number of carbonyl (C=O) groups excluding carboxylic acids is 4. The van der Waals surface area contributed by atoms with Gasteiger partial charge >= 0.3 is 12.2 Å². The lowest BCUT2D eigenvalue weighted by atomic mass is 9.99. The van der Waals surface area contributed by atoms with Crippen LogP contribution in [-0.4, -0.2) is 92.1 Å². The van der Waals surface area contributed by atoms with Crippen LogP contribution in [0.5, 0.6) is 0 Å². The topological polar surface area (TPSA) is 175 Å². The minimum Gasteiger partial charge on any atom is -0.453 e. The number of nitrogens with one attached hydrogen (secondary N) is 4. The molecule has 0 bridgehead atoms. The fourth-order valence-electron chi connectivity index (χ4n) is 8.68. The van der Waals surface area contributed by atoms with Crippen LogP contribution in [0.1, 0.15) is 91.0 Å². The predicted molar refractivity (Wildman–Crippen MR) is 229 cm³/mol. The van der Waals surface area contributed by atoms with Gasteiger partial charge in [0.2, 0.25) is 11.8 Å². The molecule has 2 aliphatic heterocycles. The van der Waals surface area contributed by atoms with Crippen molar-refractivity contribution in [2.75, 3.05) is 14.2 Å². The van der Waals surface area contributed by atoms with E-state index in [0.717, 1.165) is 81.9 Å². The predicted octanol–water partition coefficient (Wildman–Crippen LogP) is 8.15. The van der Waals surface area contributed by atoms with Gasteiger partial charge in [0.05, 0.1) is 49.2 Å². The standard InChI is InChI=1S/C46H56N8O6/c1-25(2)39(51-45(57)59-7)43(55)53-27(5)9-21-37(53)41-47-24-36(50-41)32-17-15-30(16-18-32)29-11-13-31(14-12-29)33-19-20-34-35(23-33)49-42(48-34)38-22-10-28(6)54(38)44(56)40(26(3)4)52-46(58)60-8/h11-20,23-28,37-40H,9-10,21-22H2,1-8H3,(H,47,50)(H,48,49)(H,51,57)(H,52,58)/t27-,28-,37-,38-,39-,40-/m0/s1. The molecule has 6 atom stereocenters. The number of nitrogens with zero attached hydrogens (tertiary/aromatic N) is 4. The Morgan fingerprint density at radius 2 is 1.08 bits per heavy atom. The van der Waals surface area contributed by atoms with Crippen LogP contribution in [0.3, 0.4) is 0 Å². The lowest BCUT2D eigenvalue weighted by molar-refractivity contribution is -0.138. The number of carbonyl (C=O) groups is 4. The third-order valence-corrected chi connectivity index (χ3v) is 12.1. The van der Waals surface area contributed by atoms with Crippen LogP contribution in [0, 0.1) is 11.8 Å². The second-order valence-corrected chi connectivity index (χ2v) is 16.8. The van der Waals surface area contributed by atoms with Crippen LogP contribution in [-0.2, 0) is 19.1 Å². The highest BCUT2D eigenvalue weighted by Gasteiger charge is 2.42. The number of likely N-dealkylation sites (tertiary alicyclic amines) is 2. The third kappa shape index (κ3) is 8.45. The van der Waals surface area contributed by atoms with Gasteiger partial charge in [0.25, 0.3) is 0 Å². The smallest absolute Gasteiger partial charge is 0.407 e. The molecule has 316 valence electrons. The van der Waals surface area contributed by atoms with Crippen molar-refractivity contribution in [3.05, 3.63) is 84.6 Å². The number of rotatable bonds is 11. The summed E-state index contributed by atoms with van der Waals surface area (Å²) in [6.07, 6.45) is 3.78. The molecule has 5 aromatic rings. The van der Waals surface area contributed by atoms with Crippen molar-refractivity contribution in [2.24, 2.45) is 11.8 Å². The zero-order chi connectivity index (χ0) is 42.8. The minimum absolute atomic E-state index is 0.00138. The quantitative estimate of drug-likeness (QED) is 0.103. The molecule has 14 heteroatoms. The van der Waals surface area contributed by atoms with E-state index in [1.807, 2.05) is 63.6 Å². The second-order valence-electron chi connectivity index (χ2n) is 16.8. The SMILES string of the molecule is COC(=O)N[C@H](C(=O)N1[C@@H](C)CC[C@H]1c1ncc(-c2ccc(-c3ccc(-c4ccc5nc([C@@H]6CC[C@H](C)N6C(=O)[C@@H](NC(=O)OC)C(C)C)[nH]c5c4)cc3)cc2)[nH]1)C(C)C. The molecule has 0 unspecified atom stereocenters. The number of benzene rings is 3. The van der Waals surface area contributed by atoms with Gasteiger partial charge in [-0.15, -0.1) is 0 Å². The molecule has 0 saturated carbocycles. The van der Waals surface area contributed by atoms with Crippen molar-refractivity contribution in [1.82, 2.24) is 40.4 Å². The number of alkyl carbamates (subject to hydrolysis) is 2. The van der Waals surface area contributed by atoms with E-state index in [0.29, 0.717) is 0 Å². The molecule has 4 amide bonds. The third-order valence-electron chi connectivity index (χ3n) is 12.1. The van der Waals surface area contributed by atoms with Crippen LogP contribution in [0.2, 0.25) is 0 Å². The molecule has 0 radical (unpaired) electrons. The van der Waals surface area contributed by atoms with Crippen LogP contribution < -0.4 is 10.6 Å². The van der Waals surface area contributed by atoms with Gasteiger partial charge in [0.1, 0.15) is 23.7 Å². The summed E-state index contributed by atoms with van der Waals surface area (Å²) < 4.78 is 9.59. The largest absolute Gasteiger partial charge is 0.453 e. The molecule has 2 aliphatic rings. The maximum Gasteiger partial charge on any atom is 0.407 e. The first-order valence-electron chi connectivity index (χ1n) is 20.9. The summed E-state index contributed by atoms with van der Waals surface area (Å²) >= 11 is 0. The summed E-state index contributed by atoms with van der Waals surface area (Å²) in [6.45, 7) is 11.7. The molecule has 3 aromatic carbocycles. The van der Waals surface area contributed by atoms with E-state index in [1.54, 1.807) is 0 Å². The van der Waals surface area contributed by atoms with E-state index < -0.39 is 24.3 Å². The zero-order valence-electron chi connectivity index (χ0n) is 35.6. The summed E-state index contributed by atoms with van der Waals surface area (Å²) in [4.78, 5) is 72.1. The van der Waals surface area contributed by atoms with E-state index in [4.69, 9.17) is 19.4 Å². The first-order chi connectivity index (χ1) is 28.8. The lowest BCUT2D eigenvalue weighted by Crippen LogP contribution is -2.52. The Bertz CT molecular complexity index is 2330. The van der Waals surface area contributed by atoms with Gasteiger partial charge in [-0.05, 0) is 91.3 Å². The Kier molecular flexibility index (Phi) is 12.3. The monoisotopic (exact) mass is 816 g/mol. The average molecular weight is 817 g/mol. The van der Waals surface area contributed by atoms with Gasteiger partial charge in [-0.3, -0.25) is 9.59 Å². The maximum absolute atomic E-state index is 13.8. The lowest BCUT2D eigenvalue weighted by Gasteiger charge is -2.32. The molecular weight excluding hydrogens is 761 g/mol. The Morgan fingerprint density at radius 1 is 0.633 bits per heavy atom. The van der Waals surface area contributed by atoms with Crippen LogP contribution in [0.4, 0.5) is 9.59 Å². The van der Waals surface area contributed by atoms with Gasteiger partial charge in [0.15, 0.2) is 0 Å². The van der Waals surface area contributed by atoms with Crippen LogP contribution >= 0.6 is 0 Å². The Morgan fingerprint density at radius 3 is 1.57 bits per heavy atom. The highest BCUT2D eigenvalue weighted by molar-refractivity contribution is 5.88. The minimum atomic E-state index is -0.706. The fourth-order valence-corrected chi connectivity index (χ4v) is 8.68. The van der Waals surface area contributed by atoms with Gasteiger partial charge in [-0.1, -0.05) is 82.3 Å². The Labute approximate surface area is 350 Å². The summed E-state index contributed by atoms with van der Waals surface area (Å²) in [5, 5.41) is 5.45. The van der Waals surface area contributed by atoms with Gasteiger partial charge in [-0.25, -0.2) is 19.6 Å². The Balaban J connectivity index is 1.03. The molecule has 0 spiro atoms. The summed E-state index contributed by atoms with van der Waals surface area (Å²) in [5.41, 5.74) is 7.82. The molecule has 2 saturated heterocycles. The number of hydrogen-bond donors (Lipinski definition) is 4.